The highest BCUT2D eigenvalue weighted by molar-refractivity contribution is 5.82. The van der Waals surface area contributed by atoms with Crippen molar-refractivity contribution in [2.45, 2.75) is 38.5 Å². The largest absolute Gasteiger partial charge is 0.374 e. The average molecular weight is 166 g/mol. The van der Waals surface area contributed by atoms with Crippen molar-refractivity contribution in [3.63, 3.8) is 0 Å². The summed E-state index contributed by atoms with van der Waals surface area (Å²) in [5.41, 5.74) is 0. The molecule has 0 aromatic heterocycles. The molecule has 1 saturated carbocycles. The van der Waals surface area contributed by atoms with Crippen molar-refractivity contribution in [3.05, 3.63) is 0 Å². The van der Waals surface area contributed by atoms with Gasteiger partial charge in [0.05, 0.1) is 5.84 Å². The Balaban J connectivity index is 1.60. The van der Waals surface area contributed by atoms with E-state index in [9.17, 15) is 0 Å². The van der Waals surface area contributed by atoms with Crippen LogP contribution in [-0.2, 0) is 0 Å². The number of amidine groups is 1. The van der Waals surface area contributed by atoms with Gasteiger partial charge < -0.3 is 5.32 Å². The lowest BCUT2D eigenvalue weighted by atomic mass is 10.2. The Bertz CT molecular complexity index is 171. The van der Waals surface area contributed by atoms with Gasteiger partial charge in [0, 0.05) is 19.5 Å². The predicted octanol–water partition coefficient (Wildman–Crippen LogP) is 1.96. The molecule has 2 rings (SSSR count). The Kier molecular flexibility index (Phi) is 2.64. The van der Waals surface area contributed by atoms with Crippen molar-refractivity contribution in [1.29, 1.82) is 0 Å². The smallest absolute Gasteiger partial charge is 0.0963 e. The molecule has 2 nitrogen and oxygen atoms in total. The van der Waals surface area contributed by atoms with Crippen molar-refractivity contribution in [2.24, 2.45) is 10.9 Å². The SMILES string of the molecule is C1CCC(NCCC2CC2)=NC1. The molecule has 0 radical (unpaired) electrons. The first-order valence-electron chi connectivity index (χ1n) is 5.22. The Morgan fingerprint density at radius 1 is 1.33 bits per heavy atom. The van der Waals surface area contributed by atoms with Gasteiger partial charge in [-0.2, -0.15) is 0 Å². The molecule has 2 heteroatoms. The zero-order chi connectivity index (χ0) is 8.23. The zero-order valence-electron chi connectivity index (χ0n) is 7.68. The molecule has 0 bridgehead atoms. The maximum atomic E-state index is 4.45. The number of hydrogen-bond acceptors (Lipinski definition) is 2. The summed E-state index contributed by atoms with van der Waals surface area (Å²) in [6.07, 6.45) is 8.09. The molecule has 1 N–H and O–H groups in total. The molecule has 0 spiro atoms. The van der Waals surface area contributed by atoms with E-state index in [4.69, 9.17) is 0 Å². The second-order valence-corrected chi connectivity index (χ2v) is 3.94. The van der Waals surface area contributed by atoms with E-state index < -0.39 is 0 Å². The second-order valence-electron chi connectivity index (χ2n) is 3.94. The lowest BCUT2D eigenvalue weighted by Crippen LogP contribution is -2.26. The highest BCUT2D eigenvalue weighted by Crippen LogP contribution is 2.31. The maximum absolute atomic E-state index is 4.45. The molecular weight excluding hydrogens is 148 g/mol. The number of nitrogens with one attached hydrogen (secondary N) is 1. The van der Waals surface area contributed by atoms with Gasteiger partial charge in [-0.1, -0.05) is 12.8 Å². The predicted molar refractivity (Wildman–Crippen MR) is 51.5 cm³/mol. The van der Waals surface area contributed by atoms with Gasteiger partial charge in [0.2, 0.25) is 0 Å². The molecule has 68 valence electrons. The molecule has 1 heterocycles. The summed E-state index contributed by atoms with van der Waals surface area (Å²) in [7, 11) is 0. The van der Waals surface area contributed by atoms with E-state index in [1.54, 1.807) is 0 Å². The van der Waals surface area contributed by atoms with E-state index in [2.05, 4.69) is 10.3 Å². The fourth-order valence-electron chi connectivity index (χ4n) is 1.67. The first-order chi connectivity index (χ1) is 5.95. The molecule has 0 saturated heterocycles. The summed E-state index contributed by atoms with van der Waals surface area (Å²) < 4.78 is 0. The molecule has 1 aliphatic heterocycles. The monoisotopic (exact) mass is 166 g/mol. The third kappa shape index (κ3) is 2.50. The number of rotatable bonds is 3. The number of nitrogens with zero attached hydrogens (tertiary/aromatic N) is 1. The molecule has 2 aliphatic rings. The number of hydrogen-bond donors (Lipinski definition) is 1. The second kappa shape index (κ2) is 3.92. The van der Waals surface area contributed by atoms with Gasteiger partial charge >= 0.3 is 0 Å². The summed E-state index contributed by atoms with van der Waals surface area (Å²) in [6.45, 7) is 2.20. The van der Waals surface area contributed by atoms with Crippen LogP contribution in [0.3, 0.4) is 0 Å². The summed E-state index contributed by atoms with van der Waals surface area (Å²) >= 11 is 0. The van der Waals surface area contributed by atoms with Crippen LogP contribution in [0.1, 0.15) is 38.5 Å². The average Bonchev–Trinajstić information content (AvgIpc) is 2.90. The van der Waals surface area contributed by atoms with Gasteiger partial charge in [-0.05, 0) is 25.2 Å². The summed E-state index contributed by atoms with van der Waals surface area (Å²) in [5, 5.41) is 3.44. The Labute approximate surface area is 74.5 Å². The van der Waals surface area contributed by atoms with Gasteiger partial charge in [-0.3, -0.25) is 4.99 Å². The van der Waals surface area contributed by atoms with Crippen LogP contribution in [0.2, 0.25) is 0 Å². The van der Waals surface area contributed by atoms with Crippen LogP contribution in [0.25, 0.3) is 0 Å². The minimum absolute atomic E-state index is 1.04. The van der Waals surface area contributed by atoms with Gasteiger partial charge in [-0.15, -0.1) is 0 Å². The van der Waals surface area contributed by atoms with Crippen LogP contribution >= 0.6 is 0 Å². The fraction of sp³-hybridized carbons (Fsp3) is 0.900. The number of aliphatic imine (C=N–C) groups is 1. The molecule has 1 aliphatic carbocycles. The van der Waals surface area contributed by atoms with Crippen LogP contribution in [0.5, 0.6) is 0 Å². The molecule has 0 unspecified atom stereocenters. The van der Waals surface area contributed by atoms with Crippen LogP contribution in [0, 0.1) is 5.92 Å². The van der Waals surface area contributed by atoms with Gasteiger partial charge in [-0.25, -0.2) is 0 Å². The van der Waals surface area contributed by atoms with E-state index in [-0.39, 0.29) is 0 Å². The first-order valence-corrected chi connectivity index (χ1v) is 5.22. The normalized spacial score (nSPS) is 23.5. The van der Waals surface area contributed by atoms with E-state index in [1.165, 1.54) is 44.4 Å². The van der Waals surface area contributed by atoms with Crippen LogP contribution < -0.4 is 5.32 Å². The molecule has 0 atom stereocenters. The van der Waals surface area contributed by atoms with Crippen molar-refractivity contribution in [2.75, 3.05) is 13.1 Å². The highest BCUT2D eigenvalue weighted by Gasteiger charge is 2.20. The summed E-state index contributed by atoms with van der Waals surface area (Å²) in [5.74, 6) is 2.31. The minimum atomic E-state index is 1.04. The standard InChI is InChI=1S/C10H18N2/c1-2-7-11-10(3-1)12-8-6-9-4-5-9/h9H,1-8H2,(H,11,12). The van der Waals surface area contributed by atoms with Crippen molar-refractivity contribution in [1.82, 2.24) is 5.32 Å². The van der Waals surface area contributed by atoms with E-state index in [0.717, 1.165) is 19.0 Å². The first kappa shape index (κ1) is 8.09. The Morgan fingerprint density at radius 2 is 2.25 bits per heavy atom. The van der Waals surface area contributed by atoms with Crippen LogP contribution in [0.15, 0.2) is 4.99 Å². The summed E-state index contributed by atoms with van der Waals surface area (Å²) in [6, 6.07) is 0. The molecular formula is C10H18N2. The van der Waals surface area contributed by atoms with Crippen LogP contribution in [-0.4, -0.2) is 18.9 Å². The van der Waals surface area contributed by atoms with E-state index >= 15 is 0 Å². The van der Waals surface area contributed by atoms with Gasteiger partial charge in [0.15, 0.2) is 0 Å². The Morgan fingerprint density at radius 3 is 2.92 bits per heavy atom. The van der Waals surface area contributed by atoms with Gasteiger partial charge in [0.1, 0.15) is 0 Å². The molecule has 0 aromatic rings. The third-order valence-electron chi connectivity index (χ3n) is 2.70. The van der Waals surface area contributed by atoms with Gasteiger partial charge in [0.25, 0.3) is 0 Å². The maximum Gasteiger partial charge on any atom is 0.0963 e. The molecule has 0 amide bonds. The topological polar surface area (TPSA) is 24.4 Å². The van der Waals surface area contributed by atoms with Crippen molar-refractivity contribution < 1.29 is 0 Å². The van der Waals surface area contributed by atoms with E-state index in [1.807, 2.05) is 0 Å². The molecule has 1 fully saturated rings. The lowest BCUT2D eigenvalue weighted by molar-refractivity contribution is 0.665. The lowest BCUT2D eigenvalue weighted by Gasteiger charge is -2.13. The molecule has 12 heavy (non-hydrogen) atoms. The molecule has 0 aromatic carbocycles. The minimum Gasteiger partial charge on any atom is -0.374 e. The van der Waals surface area contributed by atoms with Crippen LogP contribution in [0.4, 0.5) is 0 Å². The highest BCUT2D eigenvalue weighted by atomic mass is 15.0. The Hall–Kier alpha value is -0.530. The quantitative estimate of drug-likeness (QED) is 0.681. The third-order valence-corrected chi connectivity index (χ3v) is 2.70. The summed E-state index contributed by atoms with van der Waals surface area (Å²) in [4.78, 5) is 4.45. The fourth-order valence-corrected chi connectivity index (χ4v) is 1.67. The van der Waals surface area contributed by atoms with Crippen molar-refractivity contribution in [3.8, 4) is 0 Å². The zero-order valence-corrected chi connectivity index (χ0v) is 7.68. The van der Waals surface area contributed by atoms with Crippen molar-refractivity contribution >= 4 is 5.84 Å². The van der Waals surface area contributed by atoms with E-state index in [0.29, 0.717) is 0 Å².